The first-order valence-electron chi connectivity index (χ1n) is 3.11. The minimum absolute atomic E-state index is 0.0273. The third-order valence-electron chi connectivity index (χ3n) is 1.38. The summed E-state index contributed by atoms with van der Waals surface area (Å²) in [4.78, 5) is 0.0273. The van der Waals surface area contributed by atoms with Gasteiger partial charge in [0.05, 0.1) is 9.37 Å². The smallest absolute Gasteiger partial charge is 0.225 e. The Kier molecular flexibility index (Phi) is 4.22. The van der Waals surface area contributed by atoms with Gasteiger partial charge in [-0.2, -0.15) is 0 Å². The monoisotopic (exact) mass is 469 g/mol. The Morgan fingerprint density at radius 3 is 1.93 bits per heavy atom. The highest BCUT2D eigenvalue weighted by Gasteiger charge is 2.18. The molecule has 0 fully saturated rings. The molecular formula is C6H3Br4NO2S. The van der Waals surface area contributed by atoms with Crippen LogP contribution in [-0.4, -0.2) is 8.42 Å². The summed E-state index contributed by atoms with van der Waals surface area (Å²) in [6.45, 7) is 0. The summed E-state index contributed by atoms with van der Waals surface area (Å²) < 4.78 is 24.6. The highest BCUT2D eigenvalue weighted by atomic mass is 79.9. The average molecular weight is 473 g/mol. The average Bonchev–Trinajstić information content (AvgIpc) is 2.06. The van der Waals surface area contributed by atoms with Crippen LogP contribution < -0.4 is 5.14 Å². The summed E-state index contributed by atoms with van der Waals surface area (Å²) in [5.74, 6) is 0. The van der Waals surface area contributed by atoms with Gasteiger partial charge in [0.15, 0.2) is 0 Å². The predicted octanol–water partition coefficient (Wildman–Crippen LogP) is 3.38. The minimum atomic E-state index is -3.72. The number of hydrogen-bond acceptors (Lipinski definition) is 2. The van der Waals surface area contributed by atoms with Gasteiger partial charge in [0.25, 0.3) is 0 Å². The number of primary sulfonamides is 1. The van der Waals surface area contributed by atoms with Crippen molar-refractivity contribution < 1.29 is 8.42 Å². The van der Waals surface area contributed by atoms with Crippen molar-refractivity contribution >= 4 is 73.7 Å². The molecule has 0 spiro atoms. The molecule has 0 unspecified atom stereocenters. The van der Waals surface area contributed by atoms with Crippen molar-refractivity contribution in [2.75, 3.05) is 0 Å². The molecule has 14 heavy (non-hydrogen) atoms. The molecule has 0 saturated heterocycles. The van der Waals surface area contributed by atoms with Gasteiger partial charge in [-0.15, -0.1) is 0 Å². The second kappa shape index (κ2) is 4.50. The molecule has 1 rings (SSSR count). The van der Waals surface area contributed by atoms with Crippen molar-refractivity contribution in [3.05, 3.63) is 24.0 Å². The van der Waals surface area contributed by atoms with Crippen LogP contribution in [0.2, 0.25) is 0 Å². The lowest BCUT2D eigenvalue weighted by Crippen LogP contribution is -2.13. The molecule has 0 saturated carbocycles. The maximum atomic E-state index is 11.2. The Bertz CT molecular complexity index is 485. The van der Waals surface area contributed by atoms with Crippen LogP contribution in [0.25, 0.3) is 0 Å². The van der Waals surface area contributed by atoms with Crippen molar-refractivity contribution in [3.8, 4) is 0 Å². The molecule has 0 aromatic heterocycles. The van der Waals surface area contributed by atoms with Crippen molar-refractivity contribution in [2.24, 2.45) is 5.14 Å². The van der Waals surface area contributed by atoms with E-state index in [0.717, 1.165) is 4.47 Å². The molecule has 0 aliphatic heterocycles. The summed E-state index contributed by atoms with van der Waals surface area (Å²) in [7, 11) is -3.72. The standard InChI is InChI=1S/C6H3Br4NO2S/c7-2-1-3(14(11,12)13)5(9)6(10)4(2)8/h1H,(H2,11,12,13). The molecule has 1 aromatic carbocycles. The molecule has 0 heterocycles. The van der Waals surface area contributed by atoms with Gasteiger partial charge < -0.3 is 0 Å². The van der Waals surface area contributed by atoms with Gasteiger partial charge >= 0.3 is 0 Å². The first-order valence-corrected chi connectivity index (χ1v) is 7.82. The van der Waals surface area contributed by atoms with Crippen molar-refractivity contribution in [1.29, 1.82) is 0 Å². The number of rotatable bonds is 1. The molecule has 0 atom stereocenters. The highest BCUT2D eigenvalue weighted by Crippen LogP contribution is 2.40. The lowest BCUT2D eigenvalue weighted by Gasteiger charge is -2.07. The van der Waals surface area contributed by atoms with E-state index < -0.39 is 10.0 Å². The lowest BCUT2D eigenvalue weighted by molar-refractivity contribution is 0.597. The summed E-state index contributed by atoms with van der Waals surface area (Å²) in [6, 6.07) is 1.42. The fourth-order valence-corrected chi connectivity index (χ4v) is 4.36. The second-order valence-electron chi connectivity index (χ2n) is 2.34. The van der Waals surface area contributed by atoms with Crippen LogP contribution in [0.15, 0.2) is 28.9 Å². The Morgan fingerprint density at radius 2 is 1.50 bits per heavy atom. The van der Waals surface area contributed by atoms with Crippen LogP contribution in [0, 0.1) is 0 Å². The molecule has 0 radical (unpaired) electrons. The lowest BCUT2D eigenvalue weighted by atomic mass is 10.4. The fourth-order valence-electron chi connectivity index (χ4n) is 0.758. The quantitative estimate of drug-likeness (QED) is 0.503. The predicted molar refractivity (Wildman–Crippen MR) is 68.6 cm³/mol. The van der Waals surface area contributed by atoms with Gasteiger partial charge in [-0.3, -0.25) is 0 Å². The summed E-state index contributed by atoms with van der Waals surface area (Å²) in [5.41, 5.74) is 0. The molecular weight excluding hydrogens is 470 g/mol. The van der Waals surface area contributed by atoms with Gasteiger partial charge in [-0.1, -0.05) is 0 Å². The van der Waals surface area contributed by atoms with Crippen LogP contribution in [0.1, 0.15) is 0 Å². The molecule has 1 aromatic rings. The van der Waals surface area contributed by atoms with Crippen LogP contribution in [0.4, 0.5) is 0 Å². The largest absolute Gasteiger partial charge is 0.239 e. The number of hydrogen-bond donors (Lipinski definition) is 1. The van der Waals surface area contributed by atoms with Gasteiger partial charge in [0.2, 0.25) is 10.0 Å². The van der Waals surface area contributed by atoms with E-state index in [2.05, 4.69) is 63.7 Å². The first-order chi connectivity index (χ1) is 6.25. The Morgan fingerprint density at radius 1 is 1.00 bits per heavy atom. The van der Waals surface area contributed by atoms with Crippen molar-refractivity contribution in [2.45, 2.75) is 4.90 Å². The topological polar surface area (TPSA) is 60.2 Å². The highest BCUT2D eigenvalue weighted by molar-refractivity contribution is 9.15. The molecule has 3 nitrogen and oxygen atoms in total. The molecule has 2 N–H and O–H groups in total. The van der Waals surface area contributed by atoms with Crippen LogP contribution in [-0.2, 0) is 10.0 Å². The maximum Gasteiger partial charge on any atom is 0.239 e. The zero-order valence-electron chi connectivity index (χ0n) is 6.39. The van der Waals surface area contributed by atoms with Gasteiger partial charge in [-0.25, -0.2) is 13.6 Å². The maximum absolute atomic E-state index is 11.2. The third-order valence-corrected chi connectivity index (χ3v) is 7.24. The SMILES string of the molecule is NS(=O)(=O)c1cc(Br)c(Br)c(Br)c1Br. The van der Waals surface area contributed by atoms with E-state index in [0.29, 0.717) is 13.4 Å². The van der Waals surface area contributed by atoms with Crippen LogP contribution in [0.3, 0.4) is 0 Å². The first kappa shape index (κ1) is 13.1. The van der Waals surface area contributed by atoms with Crippen LogP contribution in [0.5, 0.6) is 0 Å². The minimum Gasteiger partial charge on any atom is -0.225 e. The normalized spacial score (nSPS) is 11.8. The molecule has 0 amide bonds. The van der Waals surface area contributed by atoms with E-state index in [9.17, 15) is 8.42 Å². The van der Waals surface area contributed by atoms with E-state index >= 15 is 0 Å². The number of nitrogens with two attached hydrogens (primary N) is 1. The van der Waals surface area contributed by atoms with E-state index in [4.69, 9.17) is 5.14 Å². The molecule has 78 valence electrons. The molecule has 8 heteroatoms. The number of sulfonamides is 1. The second-order valence-corrected chi connectivity index (χ2v) is 7.11. The van der Waals surface area contributed by atoms with E-state index in [1.165, 1.54) is 6.07 Å². The van der Waals surface area contributed by atoms with Gasteiger partial charge in [0.1, 0.15) is 0 Å². The summed E-state index contributed by atoms with van der Waals surface area (Å²) >= 11 is 12.9. The van der Waals surface area contributed by atoms with E-state index in [1.54, 1.807) is 0 Å². The zero-order valence-corrected chi connectivity index (χ0v) is 13.6. The Balaban J connectivity index is 3.66. The summed E-state index contributed by atoms with van der Waals surface area (Å²) in [5, 5.41) is 5.03. The fraction of sp³-hybridized carbons (Fsp3) is 0. The molecule has 0 bridgehead atoms. The van der Waals surface area contributed by atoms with E-state index in [-0.39, 0.29) is 4.90 Å². The molecule has 0 aliphatic rings. The zero-order chi connectivity index (χ0) is 11.1. The van der Waals surface area contributed by atoms with Crippen molar-refractivity contribution in [1.82, 2.24) is 0 Å². The van der Waals surface area contributed by atoms with Crippen LogP contribution >= 0.6 is 63.7 Å². The van der Waals surface area contributed by atoms with Gasteiger partial charge in [-0.05, 0) is 69.8 Å². The summed E-state index contributed by atoms with van der Waals surface area (Å²) in [6.07, 6.45) is 0. The Hall–Kier alpha value is 1.05. The van der Waals surface area contributed by atoms with E-state index in [1.807, 2.05) is 0 Å². The Labute approximate surface area is 115 Å². The van der Waals surface area contributed by atoms with Crippen molar-refractivity contribution in [3.63, 3.8) is 0 Å². The molecule has 0 aliphatic carbocycles. The third kappa shape index (κ3) is 2.59. The number of benzene rings is 1. The number of halogens is 4. The van der Waals surface area contributed by atoms with Gasteiger partial charge in [0, 0.05) is 13.4 Å².